The SMILES string of the molecule is C=C(C)C(C=C(C)C=C(C)CCCC)CC. The molecule has 0 aromatic heterocycles. The van der Waals surface area contributed by atoms with Crippen molar-refractivity contribution < 1.29 is 0 Å². The average Bonchev–Trinajstić information content (AvgIpc) is 2.22. The summed E-state index contributed by atoms with van der Waals surface area (Å²) >= 11 is 0. The Morgan fingerprint density at radius 3 is 2.25 bits per heavy atom. The summed E-state index contributed by atoms with van der Waals surface area (Å²) < 4.78 is 0. The largest absolute Gasteiger partial charge is 0.0995 e. The number of unbranched alkanes of at least 4 members (excludes halogenated alkanes) is 1. The molecule has 1 unspecified atom stereocenters. The molecule has 0 N–H and O–H groups in total. The first kappa shape index (κ1) is 15.2. The third-order valence-electron chi connectivity index (χ3n) is 2.94. The molecule has 0 rings (SSSR count). The third kappa shape index (κ3) is 6.66. The van der Waals surface area contributed by atoms with Crippen molar-refractivity contribution in [2.45, 2.75) is 60.3 Å². The fourth-order valence-electron chi connectivity index (χ4n) is 1.89. The van der Waals surface area contributed by atoms with E-state index in [9.17, 15) is 0 Å². The van der Waals surface area contributed by atoms with E-state index in [2.05, 4.69) is 53.3 Å². The maximum absolute atomic E-state index is 4.04. The second kappa shape index (κ2) is 8.38. The summed E-state index contributed by atoms with van der Waals surface area (Å²) in [6, 6.07) is 0. The van der Waals surface area contributed by atoms with Gasteiger partial charge in [0, 0.05) is 0 Å². The zero-order chi connectivity index (χ0) is 12.6. The van der Waals surface area contributed by atoms with Crippen LogP contribution in [-0.4, -0.2) is 0 Å². The molecule has 0 saturated heterocycles. The van der Waals surface area contributed by atoms with Crippen LogP contribution in [0.25, 0.3) is 0 Å². The van der Waals surface area contributed by atoms with E-state index in [-0.39, 0.29) is 0 Å². The van der Waals surface area contributed by atoms with Crippen LogP contribution in [-0.2, 0) is 0 Å². The highest BCUT2D eigenvalue weighted by atomic mass is 14.1. The summed E-state index contributed by atoms with van der Waals surface area (Å²) in [5.74, 6) is 0.537. The van der Waals surface area contributed by atoms with Crippen LogP contribution in [0.3, 0.4) is 0 Å². The van der Waals surface area contributed by atoms with E-state index in [4.69, 9.17) is 0 Å². The van der Waals surface area contributed by atoms with Gasteiger partial charge < -0.3 is 0 Å². The first-order valence-electron chi connectivity index (χ1n) is 6.52. The van der Waals surface area contributed by atoms with Crippen molar-refractivity contribution >= 4 is 0 Å². The third-order valence-corrected chi connectivity index (χ3v) is 2.94. The zero-order valence-corrected chi connectivity index (χ0v) is 11.8. The van der Waals surface area contributed by atoms with Crippen LogP contribution in [0.1, 0.15) is 60.3 Å². The van der Waals surface area contributed by atoms with Crippen molar-refractivity contribution in [3.05, 3.63) is 35.5 Å². The van der Waals surface area contributed by atoms with Crippen molar-refractivity contribution in [3.63, 3.8) is 0 Å². The number of hydrogen-bond acceptors (Lipinski definition) is 0. The van der Waals surface area contributed by atoms with Gasteiger partial charge >= 0.3 is 0 Å². The van der Waals surface area contributed by atoms with Gasteiger partial charge in [0.25, 0.3) is 0 Å². The van der Waals surface area contributed by atoms with Gasteiger partial charge in [-0.15, -0.1) is 0 Å². The first-order chi connectivity index (χ1) is 7.51. The molecule has 0 amide bonds. The Bertz CT molecular complexity index is 266. The van der Waals surface area contributed by atoms with E-state index in [1.165, 1.54) is 36.0 Å². The summed E-state index contributed by atoms with van der Waals surface area (Å²) in [6.07, 6.45) is 9.61. The molecule has 0 aliphatic carbocycles. The Kier molecular flexibility index (Phi) is 7.97. The summed E-state index contributed by atoms with van der Waals surface area (Å²) in [5.41, 5.74) is 4.14. The van der Waals surface area contributed by atoms with Gasteiger partial charge in [-0.2, -0.15) is 0 Å². The topological polar surface area (TPSA) is 0 Å². The molecule has 0 nitrogen and oxygen atoms in total. The smallest absolute Gasteiger partial charge is 0.00256 e. The molecule has 0 radical (unpaired) electrons. The predicted molar refractivity (Wildman–Crippen MR) is 75.6 cm³/mol. The van der Waals surface area contributed by atoms with Crippen LogP contribution in [0, 0.1) is 5.92 Å². The lowest BCUT2D eigenvalue weighted by Crippen LogP contribution is -1.95. The van der Waals surface area contributed by atoms with Gasteiger partial charge in [0.1, 0.15) is 0 Å². The molecule has 0 aromatic rings. The minimum Gasteiger partial charge on any atom is -0.0995 e. The van der Waals surface area contributed by atoms with E-state index < -0.39 is 0 Å². The Balaban J connectivity index is 4.46. The van der Waals surface area contributed by atoms with E-state index in [0.29, 0.717) is 5.92 Å². The van der Waals surface area contributed by atoms with Crippen LogP contribution in [0.5, 0.6) is 0 Å². The maximum Gasteiger partial charge on any atom is -0.00256 e. The molecular weight excluding hydrogens is 192 g/mol. The van der Waals surface area contributed by atoms with Gasteiger partial charge in [-0.05, 0) is 46.0 Å². The van der Waals surface area contributed by atoms with Crippen molar-refractivity contribution in [2.75, 3.05) is 0 Å². The summed E-state index contributed by atoms with van der Waals surface area (Å²) in [6.45, 7) is 15.0. The summed E-state index contributed by atoms with van der Waals surface area (Å²) in [5, 5.41) is 0. The summed E-state index contributed by atoms with van der Waals surface area (Å²) in [4.78, 5) is 0. The van der Waals surface area contributed by atoms with E-state index in [1.54, 1.807) is 0 Å². The van der Waals surface area contributed by atoms with E-state index in [0.717, 1.165) is 6.42 Å². The predicted octanol–water partition coefficient (Wildman–Crippen LogP) is 5.67. The van der Waals surface area contributed by atoms with Crippen LogP contribution >= 0.6 is 0 Å². The van der Waals surface area contributed by atoms with Gasteiger partial charge in [-0.1, -0.05) is 55.7 Å². The van der Waals surface area contributed by atoms with Crippen molar-refractivity contribution in [1.29, 1.82) is 0 Å². The van der Waals surface area contributed by atoms with Crippen LogP contribution in [0.4, 0.5) is 0 Å². The molecule has 0 heterocycles. The Hall–Kier alpha value is -0.780. The van der Waals surface area contributed by atoms with Crippen LogP contribution in [0.2, 0.25) is 0 Å². The maximum atomic E-state index is 4.04. The monoisotopic (exact) mass is 220 g/mol. The molecule has 0 heteroatoms. The highest BCUT2D eigenvalue weighted by Gasteiger charge is 2.02. The fourth-order valence-corrected chi connectivity index (χ4v) is 1.89. The quantitative estimate of drug-likeness (QED) is 0.383. The highest BCUT2D eigenvalue weighted by Crippen LogP contribution is 2.18. The molecule has 0 bridgehead atoms. The molecule has 0 aliphatic heterocycles. The second-order valence-electron chi connectivity index (χ2n) is 4.87. The number of rotatable bonds is 7. The molecule has 0 saturated carbocycles. The van der Waals surface area contributed by atoms with Crippen LogP contribution < -0.4 is 0 Å². The van der Waals surface area contributed by atoms with E-state index >= 15 is 0 Å². The molecule has 0 aromatic carbocycles. The normalized spacial score (nSPS) is 15.1. The Morgan fingerprint density at radius 2 is 1.81 bits per heavy atom. The molecule has 0 spiro atoms. The lowest BCUT2D eigenvalue weighted by molar-refractivity contribution is 0.725. The molecule has 0 fully saturated rings. The standard InChI is InChI=1S/C16H28/c1-7-9-10-14(5)11-15(6)12-16(8-2)13(3)4/h11-12,16H,3,7-10H2,1-2,4-6H3. The van der Waals surface area contributed by atoms with Gasteiger partial charge in [-0.3, -0.25) is 0 Å². The van der Waals surface area contributed by atoms with E-state index in [1.807, 2.05) is 0 Å². The van der Waals surface area contributed by atoms with Crippen molar-refractivity contribution in [3.8, 4) is 0 Å². The van der Waals surface area contributed by atoms with Gasteiger partial charge in [-0.25, -0.2) is 0 Å². The molecule has 1 atom stereocenters. The van der Waals surface area contributed by atoms with Crippen LogP contribution in [0.15, 0.2) is 35.5 Å². The van der Waals surface area contributed by atoms with Crippen molar-refractivity contribution in [1.82, 2.24) is 0 Å². The summed E-state index contributed by atoms with van der Waals surface area (Å²) in [7, 11) is 0. The van der Waals surface area contributed by atoms with Gasteiger partial charge in [0.05, 0.1) is 0 Å². The molecule has 0 aliphatic rings. The number of hydrogen-bond donors (Lipinski definition) is 0. The fraction of sp³-hybridized carbons (Fsp3) is 0.625. The molecule has 92 valence electrons. The highest BCUT2D eigenvalue weighted by molar-refractivity contribution is 5.24. The molecular formula is C16H28. The second-order valence-corrected chi connectivity index (χ2v) is 4.87. The number of allylic oxidation sites excluding steroid dienone is 5. The zero-order valence-electron chi connectivity index (χ0n) is 11.8. The Labute approximate surface area is 102 Å². The lowest BCUT2D eigenvalue weighted by atomic mass is 9.95. The average molecular weight is 220 g/mol. The lowest BCUT2D eigenvalue weighted by Gasteiger charge is -2.10. The minimum absolute atomic E-state index is 0.537. The van der Waals surface area contributed by atoms with Gasteiger partial charge in [0.15, 0.2) is 0 Å². The molecule has 16 heavy (non-hydrogen) atoms. The first-order valence-corrected chi connectivity index (χ1v) is 6.52. The van der Waals surface area contributed by atoms with Gasteiger partial charge in [0.2, 0.25) is 0 Å². The minimum atomic E-state index is 0.537. The van der Waals surface area contributed by atoms with Crippen molar-refractivity contribution in [2.24, 2.45) is 5.92 Å². The Morgan fingerprint density at radius 1 is 1.19 bits per heavy atom.